The molecule has 1 aromatic heterocycles. The van der Waals surface area contributed by atoms with Crippen molar-refractivity contribution in [2.75, 3.05) is 38.2 Å². The van der Waals surface area contributed by atoms with Gasteiger partial charge in [0, 0.05) is 37.2 Å². The number of rotatable bonds is 8. The summed E-state index contributed by atoms with van der Waals surface area (Å²) in [5, 5.41) is 19.1. The Morgan fingerprint density at radius 2 is 2.10 bits per heavy atom. The third-order valence-corrected chi connectivity index (χ3v) is 5.76. The Labute approximate surface area is 173 Å². The van der Waals surface area contributed by atoms with Gasteiger partial charge in [-0.05, 0) is 24.3 Å². The van der Waals surface area contributed by atoms with Crippen molar-refractivity contribution in [1.82, 2.24) is 15.6 Å². The Morgan fingerprint density at radius 1 is 1.21 bits per heavy atom. The van der Waals surface area contributed by atoms with Gasteiger partial charge in [0.25, 0.3) is 5.91 Å². The molecule has 29 heavy (non-hydrogen) atoms. The van der Waals surface area contributed by atoms with E-state index in [1.54, 1.807) is 0 Å². The van der Waals surface area contributed by atoms with Crippen molar-refractivity contribution in [3.63, 3.8) is 0 Å². The van der Waals surface area contributed by atoms with Crippen molar-refractivity contribution in [1.29, 1.82) is 0 Å². The van der Waals surface area contributed by atoms with Crippen molar-refractivity contribution in [2.24, 2.45) is 0 Å². The molecule has 3 aromatic rings. The van der Waals surface area contributed by atoms with E-state index in [0.29, 0.717) is 18.7 Å². The molecule has 2 heterocycles. The number of nitrogens with one attached hydrogen (secondary N) is 3. The SMILES string of the molecule is O=C(N[C@H]1CCOc2ccccc21)c1ccc2nc(NCCNCCO)sc2c1. The van der Waals surface area contributed by atoms with Gasteiger partial charge in [0.2, 0.25) is 0 Å². The Hall–Kier alpha value is -2.68. The van der Waals surface area contributed by atoms with Crippen molar-refractivity contribution in [2.45, 2.75) is 12.5 Å². The van der Waals surface area contributed by atoms with Crippen LogP contribution in [0.3, 0.4) is 0 Å². The second kappa shape index (κ2) is 9.21. The van der Waals surface area contributed by atoms with Crippen LogP contribution in [0.1, 0.15) is 28.4 Å². The summed E-state index contributed by atoms with van der Waals surface area (Å²) in [6.07, 6.45) is 0.754. The number of fused-ring (bicyclic) bond motifs is 2. The van der Waals surface area contributed by atoms with Gasteiger partial charge >= 0.3 is 0 Å². The quantitative estimate of drug-likeness (QED) is 0.425. The van der Waals surface area contributed by atoms with Gasteiger partial charge < -0.3 is 25.8 Å². The van der Waals surface area contributed by atoms with Gasteiger partial charge in [-0.1, -0.05) is 29.5 Å². The standard InChI is InChI=1S/C21H24N4O3S/c26-11-10-22-8-9-23-21-25-17-6-5-14(13-19(17)29-21)20(27)24-16-7-12-28-18-4-2-1-3-15(16)18/h1-6,13,16,22,26H,7-12H2,(H,23,25)(H,24,27)/t16-/m0/s1. The maximum atomic E-state index is 12.8. The molecule has 0 unspecified atom stereocenters. The molecule has 4 rings (SSSR count). The number of carbonyl (C=O) groups is 1. The van der Waals surface area contributed by atoms with Crippen molar-refractivity contribution >= 4 is 32.6 Å². The molecule has 7 nitrogen and oxygen atoms in total. The minimum Gasteiger partial charge on any atom is -0.493 e. The lowest BCUT2D eigenvalue weighted by Gasteiger charge is -2.26. The van der Waals surface area contributed by atoms with E-state index in [-0.39, 0.29) is 18.6 Å². The normalized spacial score (nSPS) is 15.6. The highest BCUT2D eigenvalue weighted by atomic mass is 32.1. The highest BCUT2D eigenvalue weighted by molar-refractivity contribution is 7.22. The van der Waals surface area contributed by atoms with Crippen LogP contribution in [0.2, 0.25) is 0 Å². The summed E-state index contributed by atoms with van der Waals surface area (Å²) >= 11 is 1.53. The van der Waals surface area contributed by atoms with E-state index in [2.05, 4.69) is 20.9 Å². The van der Waals surface area contributed by atoms with Gasteiger partial charge in [-0.25, -0.2) is 4.98 Å². The van der Waals surface area contributed by atoms with E-state index in [1.165, 1.54) is 11.3 Å². The molecule has 1 atom stereocenters. The minimum absolute atomic E-state index is 0.0479. The van der Waals surface area contributed by atoms with Crippen LogP contribution >= 0.6 is 11.3 Å². The van der Waals surface area contributed by atoms with Crippen LogP contribution < -0.4 is 20.7 Å². The molecule has 0 aliphatic carbocycles. The summed E-state index contributed by atoms with van der Waals surface area (Å²) in [6.45, 7) is 2.77. The number of anilines is 1. The van der Waals surface area contributed by atoms with Crippen molar-refractivity contribution < 1.29 is 14.6 Å². The topological polar surface area (TPSA) is 95.5 Å². The number of thiazole rings is 1. The summed E-state index contributed by atoms with van der Waals surface area (Å²) in [4.78, 5) is 17.4. The molecule has 0 bridgehead atoms. The Balaban J connectivity index is 1.42. The number of nitrogens with zero attached hydrogens (tertiary/aromatic N) is 1. The molecular formula is C21H24N4O3S. The fraction of sp³-hybridized carbons (Fsp3) is 0.333. The van der Waals surface area contributed by atoms with Gasteiger partial charge in [-0.2, -0.15) is 0 Å². The Kier molecular flexibility index (Phi) is 6.24. The molecule has 152 valence electrons. The lowest BCUT2D eigenvalue weighted by molar-refractivity contribution is 0.0925. The summed E-state index contributed by atoms with van der Waals surface area (Å²) < 4.78 is 6.64. The van der Waals surface area contributed by atoms with E-state index < -0.39 is 0 Å². The van der Waals surface area contributed by atoms with E-state index in [1.807, 2.05) is 42.5 Å². The van der Waals surface area contributed by atoms with E-state index in [9.17, 15) is 4.79 Å². The first-order chi connectivity index (χ1) is 14.2. The minimum atomic E-state index is -0.0929. The number of carbonyl (C=O) groups excluding carboxylic acids is 1. The Morgan fingerprint density at radius 3 is 3.00 bits per heavy atom. The molecule has 0 spiro atoms. The number of hydrogen-bond acceptors (Lipinski definition) is 7. The monoisotopic (exact) mass is 412 g/mol. The third kappa shape index (κ3) is 4.67. The first kappa shape index (κ1) is 19.6. The number of aromatic nitrogens is 1. The maximum Gasteiger partial charge on any atom is 0.251 e. The highest BCUT2D eigenvalue weighted by Crippen LogP contribution is 2.32. The van der Waals surface area contributed by atoms with E-state index in [0.717, 1.165) is 46.2 Å². The number of para-hydroxylation sites is 1. The predicted molar refractivity (Wildman–Crippen MR) is 115 cm³/mol. The van der Waals surface area contributed by atoms with Crippen LogP contribution in [0.5, 0.6) is 5.75 Å². The molecule has 1 amide bonds. The zero-order chi connectivity index (χ0) is 20.1. The van der Waals surface area contributed by atoms with Crippen LogP contribution in [0.15, 0.2) is 42.5 Å². The molecule has 4 N–H and O–H groups in total. The number of ether oxygens (including phenoxy) is 1. The molecule has 8 heteroatoms. The van der Waals surface area contributed by atoms with Gasteiger partial charge in [0.05, 0.1) is 29.5 Å². The molecule has 0 saturated heterocycles. The zero-order valence-electron chi connectivity index (χ0n) is 16.0. The van der Waals surface area contributed by atoms with Gasteiger partial charge in [-0.3, -0.25) is 4.79 Å². The van der Waals surface area contributed by atoms with Crippen LogP contribution in [0, 0.1) is 0 Å². The highest BCUT2D eigenvalue weighted by Gasteiger charge is 2.23. The van der Waals surface area contributed by atoms with Crippen molar-refractivity contribution in [3.05, 3.63) is 53.6 Å². The summed E-state index contributed by atoms with van der Waals surface area (Å²) in [6, 6.07) is 13.4. The number of hydrogen-bond donors (Lipinski definition) is 4. The van der Waals surface area contributed by atoms with Gasteiger partial charge in [0.1, 0.15) is 5.75 Å². The number of aliphatic hydroxyl groups is 1. The Bertz CT molecular complexity index is 991. The molecular weight excluding hydrogens is 388 g/mol. The lowest BCUT2D eigenvalue weighted by atomic mass is 10.00. The first-order valence-corrected chi connectivity index (χ1v) is 10.5. The smallest absolute Gasteiger partial charge is 0.251 e. The van der Waals surface area contributed by atoms with Crippen molar-refractivity contribution in [3.8, 4) is 5.75 Å². The average molecular weight is 413 g/mol. The first-order valence-electron chi connectivity index (χ1n) is 9.73. The second-order valence-electron chi connectivity index (χ2n) is 6.80. The molecule has 0 fully saturated rings. The molecule has 1 aliphatic rings. The van der Waals surface area contributed by atoms with Gasteiger partial charge in [0.15, 0.2) is 5.13 Å². The second-order valence-corrected chi connectivity index (χ2v) is 7.83. The molecule has 0 radical (unpaired) electrons. The summed E-state index contributed by atoms with van der Waals surface area (Å²) in [5.41, 5.74) is 2.52. The van der Waals surface area contributed by atoms with E-state index in [4.69, 9.17) is 9.84 Å². The fourth-order valence-electron chi connectivity index (χ4n) is 3.34. The largest absolute Gasteiger partial charge is 0.493 e. The van der Waals surface area contributed by atoms with Crippen LogP contribution in [-0.2, 0) is 0 Å². The molecule has 1 aliphatic heterocycles. The maximum absolute atomic E-state index is 12.8. The summed E-state index contributed by atoms with van der Waals surface area (Å²) in [5.74, 6) is 0.746. The van der Waals surface area contributed by atoms with E-state index >= 15 is 0 Å². The molecule has 2 aromatic carbocycles. The number of amides is 1. The third-order valence-electron chi connectivity index (χ3n) is 4.78. The van der Waals surface area contributed by atoms with Crippen LogP contribution in [0.4, 0.5) is 5.13 Å². The molecule has 0 saturated carbocycles. The zero-order valence-corrected chi connectivity index (χ0v) is 16.8. The van der Waals surface area contributed by atoms with Crippen LogP contribution in [0.25, 0.3) is 10.2 Å². The van der Waals surface area contributed by atoms with Crippen LogP contribution in [-0.4, -0.2) is 48.8 Å². The fourth-order valence-corrected chi connectivity index (χ4v) is 4.27. The lowest BCUT2D eigenvalue weighted by Crippen LogP contribution is -2.32. The average Bonchev–Trinajstić information content (AvgIpc) is 3.16. The number of aliphatic hydroxyl groups excluding tert-OH is 1. The predicted octanol–water partition coefficient (Wildman–Crippen LogP) is 2.54. The summed E-state index contributed by atoms with van der Waals surface area (Å²) in [7, 11) is 0. The number of benzene rings is 2. The van der Waals surface area contributed by atoms with Gasteiger partial charge in [-0.15, -0.1) is 0 Å².